The molecular weight excluding hydrogens is 487 g/mol. The van der Waals surface area contributed by atoms with Gasteiger partial charge in [0, 0.05) is 31.6 Å². The highest BCUT2D eigenvalue weighted by atomic mass is 32.2. The van der Waals surface area contributed by atoms with Crippen LogP contribution in [-0.4, -0.2) is 70.2 Å². The van der Waals surface area contributed by atoms with Crippen molar-refractivity contribution in [2.24, 2.45) is 0 Å². The molecule has 192 valence electrons. The number of piperazine rings is 1. The van der Waals surface area contributed by atoms with Crippen LogP contribution in [0.4, 0.5) is 4.39 Å². The number of carbonyl (C=O) groups is 2. The van der Waals surface area contributed by atoms with Gasteiger partial charge in [-0.1, -0.05) is 72.8 Å². The highest BCUT2D eigenvalue weighted by Crippen LogP contribution is 2.35. The van der Waals surface area contributed by atoms with Gasteiger partial charge in [0.15, 0.2) is 0 Å². The average Bonchev–Trinajstić information content (AvgIpc) is 2.91. The number of likely N-dealkylation sites (N-methyl/N-ethyl adjacent to an activating group) is 1. The Morgan fingerprint density at radius 1 is 0.892 bits per heavy atom. The van der Waals surface area contributed by atoms with Crippen LogP contribution in [-0.2, 0) is 21.9 Å². The van der Waals surface area contributed by atoms with Crippen molar-refractivity contribution in [3.05, 3.63) is 107 Å². The Morgan fingerprint density at radius 3 is 2.27 bits per heavy atom. The fourth-order valence-corrected chi connectivity index (χ4v) is 5.99. The van der Waals surface area contributed by atoms with Gasteiger partial charge in [-0.3, -0.25) is 9.59 Å². The lowest BCUT2D eigenvalue weighted by molar-refractivity contribution is -0.201. The summed E-state index contributed by atoms with van der Waals surface area (Å²) in [6.07, 6.45) is -0.321. The summed E-state index contributed by atoms with van der Waals surface area (Å²) < 4.78 is 13.5. The van der Waals surface area contributed by atoms with Crippen LogP contribution in [0.25, 0.3) is 0 Å². The third kappa shape index (κ3) is 5.71. The maximum absolute atomic E-state index is 13.8. The van der Waals surface area contributed by atoms with E-state index in [9.17, 15) is 14.0 Å². The monoisotopic (exact) mass is 518 g/mol. The molecule has 2 saturated heterocycles. The first-order valence-electron chi connectivity index (χ1n) is 12.5. The number of hydrogen-bond acceptors (Lipinski definition) is 5. The maximum atomic E-state index is 13.8. The predicted molar refractivity (Wildman–Crippen MR) is 144 cm³/mol. The summed E-state index contributed by atoms with van der Waals surface area (Å²) in [4.78, 5) is 30.9. The van der Waals surface area contributed by atoms with Crippen molar-refractivity contribution in [1.29, 1.82) is 0 Å². The van der Waals surface area contributed by atoms with E-state index in [4.69, 9.17) is 0 Å². The molecule has 0 N–H and O–H groups in total. The molecular formula is C29H31FN4O2S. The van der Waals surface area contributed by atoms with E-state index in [1.165, 1.54) is 17.7 Å². The second kappa shape index (κ2) is 11.5. The molecule has 2 aliphatic rings. The zero-order chi connectivity index (χ0) is 25.8. The number of thioether (sulfide) groups is 1. The molecule has 37 heavy (non-hydrogen) atoms. The van der Waals surface area contributed by atoms with Gasteiger partial charge in [-0.25, -0.2) is 14.4 Å². The van der Waals surface area contributed by atoms with Gasteiger partial charge in [-0.15, -0.1) is 0 Å². The van der Waals surface area contributed by atoms with Gasteiger partial charge in [0.2, 0.25) is 11.8 Å². The summed E-state index contributed by atoms with van der Waals surface area (Å²) in [5.41, 5.74) is 3.02. The Labute approximate surface area is 221 Å². The van der Waals surface area contributed by atoms with Gasteiger partial charge in [-0.2, -0.15) is 11.8 Å². The third-order valence-corrected chi connectivity index (χ3v) is 7.96. The first-order valence-corrected chi connectivity index (χ1v) is 13.7. The quantitative estimate of drug-likeness (QED) is 0.419. The van der Waals surface area contributed by atoms with Crippen LogP contribution in [0, 0.1) is 5.82 Å². The molecule has 0 radical (unpaired) electrons. The van der Waals surface area contributed by atoms with Crippen LogP contribution in [0.1, 0.15) is 22.7 Å². The molecule has 0 saturated carbocycles. The number of rotatable bonds is 8. The molecule has 2 aliphatic heterocycles. The summed E-state index contributed by atoms with van der Waals surface area (Å²) in [6, 6.07) is 25.6. The smallest absolute Gasteiger partial charge is 0.250 e. The van der Waals surface area contributed by atoms with Crippen LogP contribution in [0.15, 0.2) is 84.9 Å². The number of amides is 2. The molecule has 2 atom stereocenters. The number of fused-ring (bicyclic) bond motifs is 1. The van der Waals surface area contributed by atoms with Gasteiger partial charge in [-0.05, 0) is 28.8 Å². The molecule has 0 aromatic heterocycles. The van der Waals surface area contributed by atoms with E-state index in [2.05, 4.69) is 17.1 Å². The molecule has 2 fully saturated rings. The number of hydrazine groups is 1. The van der Waals surface area contributed by atoms with E-state index in [1.807, 2.05) is 65.5 Å². The van der Waals surface area contributed by atoms with E-state index in [0.29, 0.717) is 19.6 Å². The highest BCUT2D eigenvalue weighted by Gasteiger charge is 2.49. The Bertz CT molecular complexity index is 1210. The number of benzene rings is 3. The van der Waals surface area contributed by atoms with Crippen molar-refractivity contribution in [2.75, 3.05) is 32.4 Å². The van der Waals surface area contributed by atoms with Gasteiger partial charge >= 0.3 is 0 Å². The minimum atomic E-state index is -0.670. The summed E-state index contributed by atoms with van der Waals surface area (Å²) in [7, 11) is 1.90. The van der Waals surface area contributed by atoms with Crippen molar-refractivity contribution in [2.45, 2.75) is 24.5 Å². The summed E-state index contributed by atoms with van der Waals surface area (Å²) in [5, 5.41) is 4.05. The van der Waals surface area contributed by atoms with Crippen molar-refractivity contribution in [3.8, 4) is 0 Å². The van der Waals surface area contributed by atoms with E-state index >= 15 is 0 Å². The molecule has 2 amide bonds. The summed E-state index contributed by atoms with van der Waals surface area (Å²) in [6.45, 7) is 1.72. The van der Waals surface area contributed by atoms with Crippen LogP contribution in [0.5, 0.6) is 0 Å². The number of carbonyl (C=O) groups excluding carboxylic acids is 2. The summed E-state index contributed by atoms with van der Waals surface area (Å²) >= 11 is 1.80. The normalized spacial score (nSPS) is 20.8. The zero-order valence-corrected chi connectivity index (χ0v) is 21.7. The molecule has 0 spiro atoms. The van der Waals surface area contributed by atoms with Crippen molar-refractivity contribution >= 4 is 23.6 Å². The number of halogens is 1. The first kappa shape index (κ1) is 25.4. The van der Waals surface area contributed by atoms with Crippen LogP contribution in [0.2, 0.25) is 0 Å². The molecule has 8 heteroatoms. The molecule has 0 bridgehead atoms. The van der Waals surface area contributed by atoms with Crippen LogP contribution in [0.3, 0.4) is 0 Å². The third-order valence-electron chi connectivity index (χ3n) is 6.95. The Hall–Kier alpha value is -3.20. The average molecular weight is 519 g/mol. The minimum absolute atomic E-state index is 0.0394. The Kier molecular flexibility index (Phi) is 7.88. The molecule has 0 aliphatic carbocycles. The van der Waals surface area contributed by atoms with Crippen molar-refractivity contribution < 1.29 is 14.0 Å². The standard InChI is InChI=1S/C29H31FN4O2S/c1-31-20-27(35)34-26(33(31)18-22-12-14-25(30)15-13-22)19-32(16-17-37-21-23-8-4-2-5-9-23)29(36)28(34)24-10-6-3-7-11-24/h2-15,26,28H,16-21H2,1H3/t26?,28-/m0/s1. The van der Waals surface area contributed by atoms with E-state index in [-0.39, 0.29) is 30.3 Å². The molecule has 6 nitrogen and oxygen atoms in total. The first-order chi connectivity index (χ1) is 18.0. The van der Waals surface area contributed by atoms with E-state index in [1.54, 1.807) is 28.8 Å². The van der Waals surface area contributed by atoms with Crippen molar-refractivity contribution in [3.63, 3.8) is 0 Å². The fraction of sp³-hybridized carbons (Fsp3) is 0.310. The SMILES string of the molecule is CN1CC(=O)N2C(CN(CCSCc3ccccc3)C(=O)[C@@H]2c2ccccc2)N1Cc1ccc(F)cc1. The summed E-state index contributed by atoms with van der Waals surface area (Å²) in [5.74, 6) is 1.31. The van der Waals surface area contributed by atoms with E-state index < -0.39 is 6.04 Å². The molecule has 2 heterocycles. The lowest BCUT2D eigenvalue weighted by Crippen LogP contribution is -2.71. The fourth-order valence-electron chi connectivity index (χ4n) is 5.06. The van der Waals surface area contributed by atoms with Gasteiger partial charge in [0.25, 0.3) is 0 Å². The van der Waals surface area contributed by atoms with Crippen LogP contribution >= 0.6 is 11.8 Å². The zero-order valence-electron chi connectivity index (χ0n) is 20.9. The van der Waals surface area contributed by atoms with Gasteiger partial charge in [0.1, 0.15) is 18.0 Å². The second-order valence-corrected chi connectivity index (χ2v) is 10.6. The maximum Gasteiger partial charge on any atom is 0.250 e. The highest BCUT2D eigenvalue weighted by molar-refractivity contribution is 7.98. The molecule has 5 rings (SSSR count). The second-order valence-electron chi connectivity index (χ2n) is 9.46. The van der Waals surface area contributed by atoms with Gasteiger partial charge < -0.3 is 9.80 Å². The molecule has 3 aromatic rings. The Balaban J connectivity index is 1.39. The minimum Gasteiger partial charge on any atom is -0.336 e. The lowest BCUT2D eigenvalue weighted by atomic mass is 9.98. The largest absolute Gasteiger partial charge is 0.336 e. The molecule has 3 aromatic carbocycles. The number of hydrogen-bond donors (Lipinski definition) is 0. The van der Waals surface area contributed by atoms with Gasteiger partial charge in [0.05, 0.1) is 13.1 Å². The lowest BCUT2D eigenvalue weighted by Gasteiger charge is -2.55. The van der Waals surface area contributed by atoms with E-state index in [0.717, 1.165) is 22.6 Å². The van der Waals surface area contributed by atoms with Crippen LogP contribution < -0.4 is 0 Å². The topological polar surface area (TPSA) is 47.1 Å². The molecule has 1 unspecified atom stereocenters. The van der Waals surface area contributed by atoms with Crippen molar-refractivity contribution in [1.82, 2.24) is 19.8 Å². The predicted octanol–water partition coefficient (Wildman–Crippen LogP) is 4.16. The number of nitrogens with zero attached hydrogens (tertiary/aromatic N) is 4. The Morgan fingerprint density at radius 2 is 1.57 bits per heavy atom.